The Hall–Kier alpha value is -0.665. The first kappa shape index (κ1) is 5.33. The van der Waals surface area contributed by atoms with Crippen molar-refractivity contribution in [3.8, 4) is 11.9 Å². The summed E-state index contributed by atoms with van der Waals surface area (Å²) in [6.45, 7) is 0. The smallest absolute Gasteiger partial charge is 0.209 e. The van der Waals surface area contributed by atoms with Crippen molar-refractivity contribution in [2.75, 3.05) is 0 Å². The molecule has 0 spiro atoms. The van der Waals surface area contributed by atoms with Gasteiger partial charge in [0.1, 0.15) is 0 Å². The van der Waals surface area contributed by atoms with Gasteiger partial charge in [-0.2, -0.15) is 11.5 Å². The fourth-order valence-corrected chi connectivity index (χ4v) is 0.0289. The van der Waals surface area contributed by atoms with Crippen LogP contribution in [0.15, 0.2) is 0 Å². The lowest BCUT2D eigenvalue weighted by atomic mass is 9.82. The van der Waals surface area contributed by atoms with Gasteiger partial charge in [0.2, 0.25) is 0 Å². The summed E-state index contributed by atoms with van der Waals surface area (Å²) in [5.74, 6) is 3.04. The Labute approximate surface area is 40.9 Å². The summed E-state index contributed by atoms with van der Waals surface area (Å²) >= 11 is 4.93. The number of halogens is 1. The highest BCUT2D eigenvalue weighted by atomic mass is 35.5. The maximum Gasteiger partial charge on any atom is 0.480 e. The van der Waals surface area contributed by atoms with Gasteiger partial charge in [0.15, 0.2) is 0 Å². The predicted molar refractivity (Wildman–Crippen MR) is 22.8 cm³/mol. The van der Waals surface area contributed by atoms with Crippen molar-refractivity contribution in [3.63, 3.8) is 0 Å². The van der Waals surface area contributed by atoms with E-state index < -0.39 is 6.13 Å². The third kappa shape index (κ3) is 1.63. The molecule has 0 radical (unpaired) electrons. The zero-order valence-electron chi connectivity index (χ0n) is 2.85. The van der Waals surface area contributed by atoms with Gasteiger partial charge in [-0.1, -0.05) is 0 Å². The topological polar surface area (TPSA) is 47.6 Å². The molecule has 0 saturated heterocycles. The molecule has 0 aliphatic carbocycles. The third-order valence-corrected chi connectivity index (χ3v) is 0.422. The molecule has 2 nitrogen and oxygen atoms in total. The lowest BCUT2D eigenvalue weighted by Gasteiger charge is -1.61. The SMILES string of the molecule is N#CB(Cl)C#N. The van der Waals surface area contributed by atoms with E-state index in [4.69, 9.17) is 22.0 Å². The van der Waals surface area contributed by atoms with Gasteiger partial charge in [0.25, 0.3) is 0 Å². The number of hydrogen-bond acceptors (Lipinski definition) is 2. The molecular formula is C2BClN2. The summed E-state index contributed by atoms with van der Waals surface area (Å²) in [7, 11) is 0. The Morgan fingerprint density at radius 3 is 1.67 bits per heavy atom. The number of nitriles is 2. The van der Waals surface area contributed by atoms with Crippen LogP contribution in [0.3, 0.4) is 0 Å². The van der Waals surface area contributed by atoms with Crippen LogP contribution in [-0.4, -0.2) is 6.13 Å². The molecule has 0 unspecified atom stereocenters. The van der Waals surface area contributed by atoms with E-state index in [0.717, 1.165) is 0 Å². The lowest BCUT2D eigenvalue weighted by Crippen LogP contribution is -1.91. The predicted octanol–water partition coefficient (Wildman–Crippen LogP) is 0.342. The summed E-state index contributed by atoms with van der Waals surface area (Å²) in [5.41, 5.74) is 0. The van der Waals surface area contributed by atoms with E-state index in [0.29, 0.717) is 0 Å². The van der Waals surface area contributed by atoms with Crippen LogP contribution >= 0.6 is 11.5 Å². The Kier molecular flexibility index (Phi) is 2.28. The van der Waals surface area contributed by atoms with Crippen molar-refractivity contribution in [2.45, 2.75) is 0 Å². The fourth-order valence-electron chi connectivity index (χ4n) is 0.0289. The second-order valence-corrected chi connectivity index (χ2v) is 1.06. The van der Waals surface area contributed by atoms with Crippen LogP contribution in [0.2, 0.25) is 0 Å². The quantitative estimate of drug-likeness (QED) is 0.410. The van der Waals surface area contributed by atoms with Crippen LogP contribution in [0.5, 0.6) is 0 Å². The molecule has 28 valence electrons. The van der Waals surface area contributed by atoms with Gasteiger partial charge in [0.05, 0.1) is 0 Å². The van der Waals surface area contributed by atoms with Crippen LogP contribution in [-0.2, 0) is 0 Å². The van der Waals surface area contributed by atoms with Crippen molar-refractivity contribution in [1.82, 2.24) is 0 Å². The standard InChI is InChI=1S/C2BClN2/c4-3(1-5)2-6. The van der Waals surface area contributed by atoms with Gasteiger partial charge in [-0.15, -0.1) is 0 Å². The number of hydrogen-bond donors (Lipinski definition) is 0. The molecule has 0 N–H and O–H groups in total. The third-order valence-electron chi connectivity index (χ3n) is 0.227. The average Bonchev–Trinajstić information content (AvgIpc) is 1.65. The largest absolute Gasteiger partial charge is 0.480 e. The monoisotopic (exact) mass is 98.0 g/mol. The first-order valence-corrected chi connectivity index (χ1v) is 1.68. The molecule has 6 heavy (non-hydrogen) atoms. The minimum absolute atomic E-state index is 0.981. The molecule has 0 aromatic rings. The summed E-state index contributed by atoms with van der Waals surface area (Å²) in [5, 5.41) is 15.5. The zero-order chi connectivity index (χ0) is 4.99. The second-order valence-electron chi connectivity index (χ2n) is 0.621. The number of rotatable bonds is 0. The molecule has 0 aliphatic rings. The average molecular weight is 98.3 g/mol. The van der Waals surface area contributed by atoms with Crippen molar-refractivity contribution in [1.29, 1.82) is 10.5 Å². The maximum atomic E-state index is 7.73. The first-order valence-electron chi connectivity index (χ1n) is 1.24. The molecule has 0 aliphatic heterocycles. The van der Waals surface area contributed by atoms with E-state index in [1.807, 2.05) is 0 Å². The molecule has 0 saturated carbocycles. The molecule has 0 bridgehead atoms. The molecule has 0 aromatic carbocycles. The first-order chi connectivity index (χ1) is 2.81. The van der Waals surface area contributed by atoms with Crippen molar-refractivity contribution < 1.29 is 0 Å². The van der Waals surface area contributed by atoms with Crippen LogP contribution in [0.1, 0.15) is 0 Å². The Balaban J connectivity index is 3.40. The van der Waals surface area contributed by atoms with E-state index in [2.05, 4.69) is 0 Å². The summed E-state index contributed by atoms with van der Waals surface area (Å²) in [6, 6.07) is 0. The van der Waals surface area contributed by atoms with Crippen LogP contribution < -0.4 is 0 Å². The molecule has 0 amide bonds. The van der Waals surface area contributed by atoms with E-state index in [1.165, 1.54) is 11.9 Å². The van der Waals surface area contributed by atoms with E-state index >= 15 is 0 Å². The molecule has 0 heterocycles. The van der Waals surface area contributed by atoms with Crippen molar-refractivity contribution in [3.05, 3.63) is 0 Å². The van der Waals surface area contributed by atoms with Gasteiger partial charge >= 0.3 is 6.13 Å². The lowest BCUT2D eigenvalue weighted by molar-refractivity contribution is 1.54. The second kappa shape index (κ2) is 2.57. The minimum Gasteiger partial charge on any atom is -0.209 e. The fraction of sp³-hybridized carbons (Fsp3) is 0. The highest BCUT2D eigenvalue weighted by molar-refractivity contribution is 7.15. The highest BCUT2D eigenvalue weighted by Crippen LogP contribution is 1.79. The summed E-state index contributed by atoms with van der Waals surface area (Å²) < 4.78 is 0. The van der Waals surface area contributed by atoms with Gasteiger partial charge in [-0.05, 0) is 0 Å². The van der Waals surface area contributed by atoms with Gasteiger partial charge in [-0.3, -0.25) is 0 Å². The van der Waals surface area contributed by atoms with Crippen LogP contribution in [0.25, 0.3) is 0 Å². The van der Waals surface area contributed by atoms with Gasteiger partial charge in [0, 0.05) is 11.9 Å². The van der Waals surface area contributed by atoms with E-state index in [1.54, 1.807) is 0 Å². The molecule has 4 heteroatoms. The van der Waals surface area contributed by atoms with Crippen LogP contribution in [0.4, 0.5) is 0 Å². The van der Waals surface area contributed by atoms with E-state index in [-0.39, 0.29) is 0 Å². The molecular weight excluding hydrogens is 98.3 g/mol. The highest BCUT2D eigenvalue weighted by Gasteiger charge is 2.03. The Morgan fingerprint density at radius 1 is 1.33 bits per heavy atom. The summed E-state index contributed by atoms with van der Waals surface area (Å²) in [6.07, 6.45) is -0.981. The minimum atomic E-state index is -0.981. The van der Waals surface area contributed by atoms with Crippen molar-refractivity contribution >= 4 is 17.6 Å². The van der Waals surface area contributed by atoms with Gasteiger partial charge < -0.3 is 0 Å². The Bertz CT molecular complexity index is 95.7. The number of nitrogens with zero attached hydrogens (tertiary/aromatic N) is 2. The van der Waals surface area contributed by atoms with Crippen LogP contribution in [0, 0.1) is 22.5 Å². The Morgan fingerprint density at radius 2 is 1.67 bits per heavy atom. The van der Waals surface area contributed by atoms with Gasteiger partial charge in [-0.25, -0.2) is 10.5 Å². The van der Waals surface area contributed by atoms with Crippen molar-refractivity contribution in [2.24, 2.45) is 0 Å². The molecule has 0 aromatic heterocycles. The summed E-state index contributed by atoms with van der Waals surface area (Å²) in [4.78, 5) is 0. The zero-order valence-corrected chi connectivity index (χ0v) is 3.61. The maximum absolute atomic E-state index is 7.73. The molecule has 0 fully saturated rings. The normalized spacial score (nSPS) is 5.17. The molecule has 0 rings (SSSR count). The molecule has 0 atom stereocenters. The van der Waals surface area contributed by atoms with E-state index in [9.17, 15) is 0 Å².